The smallest absolute Gasteiger partial charge is 0.155 e. The fraction of sp³-hybridized carbons (Fsp3) is 0.571. The molecule has 0 aliphatic carbocycles. The summed E-state index contributed by atoms with van der Waals surface area (Å²) in [5, 5.41) is -0.218. The highest BCUT2D eigenvalue weighted by atomic mass is 79.9. The van der Waals surface area contributed by atoms with Crippen molar-refractivity contribution < 1.29 is 8.42 Å². The zero-order valence-electron chi connectivity index (χ0n) is 11.2. The van der Waals surface area contributed by atoms with Crippen LogP contribution in [0, 0.1) is 0 Å². The standard InChI is InChI=1S/C14H20BrNO2S/c1-12-11-16(9-10-19(12,17)18)8-4-6-13-5-2-3-7-14(13)15/h2-3,5,7,12H,4,6,8-11H2,1H3/t12-/m1/s1. The van der Waals surface area contributed by atoms with Gasteiger partial charge in [0.05, 0.1) is 11.0 Å². The molecule has 0 spiro atoms. The lowest BCUT2D eigenvalue weighted by atomic mass is 10.1. The highest BCUT2D eigenvalue weighted by molar-refractivity contribution is 9.10. The molecule has 1 aliphatic heterocycles. The van der Waals surface area contributed by atoms with E-state index in [1.54, 1.807) is 0 Å². The first-order chi connectivity index (χ1) is 8.99. The highest BCUT2D eigenvalue weighted by Gasteiger charge is 2.28. The average Bonchev–Trinajstić information content (AvgIpc) is 2.36. The predicted octanol–water partition coefficient (Wildman–Crippen LogP) is 2.50. The number of aryl methyl sites for hydroxylation is 1. The van der Waals surface area contributed by atoms with Crippen LogP contribution in [0.5, 0.6) is 0 Å². The molecule has 0 N–H and O–H groups in total. The summed E-state index contributed by atoms with van der Waals surface area (Å²) < 4.78 is 24.4. The summed E-state index contributed by atoms with van der Waals surface area (Å²) in [5.41, 5.74) is 1.32. The van der Waals surface area contributed by atoms with Crippen molar-refractivity contribution in [1.29, 1.82) is 0 Å². The van der Waals surface area contributed by atoms with Gasteiger partial charge >= 0.3 is 0 Å². The van der Waals surface area contributed by atoms with Gasteiger partial charge in [0, 0.05) is 17.6 Å². The molecule has 0 aromatic heterocycles. The predicted molar refractivity (Wildman–Crippen MR) is 82.2 cm³/mol. The number of rotatable bonds is 4. The summed E-state index contributed by atoms with van der Waals surface area (Å²) in [6, 6.07) is 8.26. The molecule has 5 heteroatoms. The van der Waals surface area contributed by atoms with Crippen LogP contribution in [0.3, 0.4) is 0 Å². The summed E-state index contributed by atoms with van der Waals surface area (Å²) in [7, 11) is -2.83. The monoisotopic (exact) mass is 345 g/mol. The van der Waals surface area contributed by atoms with Crippen LogP contribution in [0.4, 0.5) is 0 Å². The maximum Gasteiger partial charge on any atom is 0.155 e. The minimum absolute atomic E-state index is 0.218. The van der Waals surface area contributed by atoms with E-state index in [1.165, 1.54) is 5.56 Å². The molecular weight excluding hydrogens is 326 g/mol. The van der Waals surface area contributed by atoms with E-state index in [4.69, 9.17) is 0 Å². The Kier molecular flexibility index (Phi) is 5.03. The van der Waals surface area contributed by atoms with Crippen LogP contribution in [0.2, 0.25) is 0 Å². The molecule has 0 unspecified atom stereocenters. The molecule has 0 bridgehead atoms. The molecule has 3 nitrogen and oxygen atoms in total. The van der Waals surface area contributed by atoms with Crippen molar-refractivity contribution in [3.63, 3.8) is 0 Å². The van der Waals surface area contributed by atoms with Crippen LogP contribution in [0.25, 0.3) is 0 Å². The Hall–Kier alpha value is -0.390. The molecule has 2 rings (SSSR count). The number of hydrogen-bond donors (Lipinski definition) is 0. The van der Waals surface area contributed by atoms with E-state index in [0.29, 0.717) is 18.8 Å². The lowest BCUT2D eigenvalue weighted by Gasteiger charge is -2.30. The minimum atomic E-state index is -2.83. The van der Waals surface area contributed by atoms with Gasteiger partial charge in [-0.2, -0.15) is 0 Å². The summed E-state index contributed by atoms with van der Waals surface area (Å²) in [4.78, 5) is 2.27. The SMILES string of the molecule is C[C@@H]1CN(CCCc2ccccc2Br)CCS1(=O)=O. The van der Waals surface area contributed by atoms with Crippen LogP contribution in [0.15, 0.2) is 28.7 Å². The highest BCUT2D eigenvalue weighted by Crippen LogP contribution is 2.18. The second kappa shape index (κ2) is 6.37. The fourth-order valence-corrected chi connectivity index (χ4v) is 4.26. The lowest BCUT2D eigenvalue weighted by Crippen LogP contribution is -2.45. The third-order valence-corrected chi connectivity index (χ3v) is 6.60. The fourth-order valence-electron chi connectivity index (χ4n) is 2.42. The Bertz CT molecular complexity index is 530. The van der Waals surface area contributed by atoms with Crippen LogP contribution < -0.4 is 0 Å². The molecule has 19 heavy (non-hydrogen) atoms. The largest absolute Gasteiger partial charge is 0.301 e. The van der Waals surface area contributed by atoms with E-state index in [-0.39, 0.29) is 5.25 Å². The molecular formula is C14H20BrNO2S. The molecule has 1 heterocycles. The Morgan fingerprint density at radius 2 is 2.11 bits per heavy atom. The third-order valence-electron chi connectivity index (χ3n) is 3.70. The van der Waals surface area contributed by atoms with Gasteiger partial charge in [-0.25, -0.2) is 8.42 Å². The van der Waals surface area contributed by atoms with E-state index in [1.807, 2.05) is 13.0 Å². The molecule has 1 fully saturated rings. The molecule has 106 valence electrons. The normalized spacial score (nSPS) is 23.4. The number of hydrogen-bond acceptors (Lipinski definition) is 3. The molecule has 1 atom stereocenters. The number of benzene rings is 1. The minimum Gasteiger partial charge on any atom is -0.301 e. The molecule has 1 aliphatic rings. The maximum absolute atomic E-state index is 11.6. The molecule has 0 amide bonds. The van der Waals surface area contributed by atoms with Gasteiger partial charge in [0.2, 0.25) is 0 Å². The van der Waals surface area contributed by atoms with Gasteiger partial charge in [-0.05, 0) is 37.9 Å². The van der Waals surface area contributed by atoms with Crippen molar-refractivity contribution in [3.8, 4) is 0 Å². The van der Waals surface area contributed by atoms with Gasteiger partial charge in [0.25, 0.3) is 0 Å². The van der Waals surface area contributed by atoms with Crippen molar-refractivity contribution >= 4 is 25.8 Å². The van der Waals surface area contributed by atoms with Crippen LogP contribution in [-0.2, 0) is 16.3 Å². The molecule has 1 aromatic rings. The van der Waals surface area contributed by atoms with Crippen LogP contribution in [-0.4, -0.2) is 44.0 Å². The van der Waals surface area contributed by atoms with Gasteiger partial charge in [-0.1, -0.05) is 34.1 Å². The first-order valence-corrected chi connectivity index (χ1v) is 9.17. The second-order valence-corrected chi connectivity index (χ2v) is 8.57. The van der Waals surface area contributed by atoms with Crippen molar-refractivity contribution in [2.45, 2.75) is 25.0 Å². The topological polar surface area (TPSA) is 37.4 Å². The molecule has 0 radical (unpaired) electrons. The first kappa shape index (κ1) is 15.0. The third kappa shape index (κ3) is 4.04. The maximum atomic E-state index is 11.6. The van der Waals surface area contributed by atoms with Crippen molar-refractivity contribution in [3.05, 3.63) is 34.3 Å². The van der Waals surface area contributed by atoms with Gasteiger partial charge in [0.15, 0.2) is 9.84 Å². The number of nitrogens with zero attached hydrogens (tertiary/aromatic N) is 1. The summed E-state index contributed by atoms with van der Waals surface area (Å²) in [6.45, 7) is 4.15. The Morgan fingerprint density at radius 1 is 1.37 bits per heavy atom. The Labute approximate surface area is 124 Å². The average molecular weight is 346 g/mol. The second-order valence-electron chi connectivity index (χ2n) is 5.17. The van der Waals surface area contributed by atoms with Gasteiger partial charge in [-0.15, -0.1) is 0 Å². The lowest BCUT2D eigenvalue weighted by molar-refractivity contribution is 0.274. The van der Waals surface area contributed by atoms with E-state index < -0.39 is 9.84 Å². The van der Waals surface area contributed by atoms with Gasteiger partial charge in [0.1, 0.15) is 0 Å². The van der Waals surface area contributed by atoms with Crippen LogP contribution in [0.1, 0.15) is 18.9 Å². The van der Waals surface area contributed by atoms with Gasteiger partial charge < -0.3 is 4.90 Å². The molecule has 1 saturated heterocycles. The molecule has 0 saturated carbocycles. The van der Waals surface area contributed by atoms with E-state index in [0.717, 1.165) is 23.9 Å². The summed E-state index contributed by atoms with van der Waals surface area (Å²) in [5.74, 6) is 0.309. The Balaban J connectivity index is 1.80. The van der Waals surface area contributed by atoms with Crippen LogP contribution >= 0.6 is 15.9 Å². The Morgan fingerprint density at radius 3 is 2.79 bits per heavy atom. The first-order valence-electron chi connectivity index (χ1n) is 6.66. The van der Waals surface area contributed by atoms with Crippen molar-refractivity contribution in [2.24, 2.45) is 0 Å². The van der Waals surface area contributed by atoms with Gasteiger partial charge in [-0.3, -0.25) is 0 Å². The van der Waals surface area contributed by atoms with Crippen molar-refractivity contribution in [2.75, 3.05) is 25.4 Å². The molecule has 1 aromatic carbocycles. The summed E-state index contributed by atoms with van der Waals surface area (Å²) in [6.07, 6.45) is 2.09. The van der Waals surface area contributed by atoms with Crippen molar-refractivity contribution in [1.82, 2.24) is 4.90 Å². The van der Waals surface area contributed by atoms with E-state index in [9.17, 15) is 8.42 Å². The van der Waals surface area contributed by atoms with E-state index >= 15 is 0 Å². The number of halogens is 1. The number of sulfone groups is 1. The van der Waals surface area contributed by atoms with E-state index in [2.05, 4.69) is 39.0 Å². The summed E-state index contributed by atoms with van der Waals surface area (Å²) >= 11 is 3.55. The quantitative estimate of drug-likeness (QED) is 0.841. The zero-order chi connectivity index (χ0) is 13.9. The zero-order valence-corrected chi connectivity index (χ0v) is 13.6.